The molecule has 1 N–H and O–H groups in total. The summed E-state index contributed by atoms with van der Waals surface area (Å²) in [6, 6.07) is 14.6. The normalized spacial score (nSPS) is 10.1. The van der Waals surface area contributed by atoms with Crippen LogP contribution in [0.15, 0.2) is 48.5 Å². The maximum absolute atomic E-state index is 11.6. The fraction of sp³-hybridized carbons (Fsp3) is 0.188. The Morgan fingerprint density at radius 3 is 2.50 bits per heavy atom. The molecule has 0 aliphatic carbocycles. The van der Waals surface area contributed by atoms with Crippen molar-refractivity contribution in [1.29, 1.82) is 0 Å². The van der Waals surface area contributed by atoms with Crippen molar-refractivity contribution in [3.8, 4) is 5.75 Å². The van der Waals surface area contributed by atoms with E-state index in [0.717, 1.165) is 5.56 Å². The Hall–Kier alpha value is -2.00. The molecule has 0 aliphatic heterocycles. The summed E-state index contributed by atoms with van der Waals surface area (Å²) in [5.74, 6) is 0.628. The second kappa shape index (κ2) is 6.96. The van der Waals surface area contributed by atoms with Crippen molar-refractivity contribution in [2.45, 2.75) is 13.5 Å². The van der Waals surface area contributed by atoms with E-state index in [4.69, 9.17) is 16.3 Å². The second-order valence-corrected chi connectivity index (χ2v) is 4.67. The van der Waals surface area contributed by atoms with Crippen molar-refractivity contribution in [1.82, 2.24) is 5.32 Å². The molecule has 0 saturated heterocycles. The van der Waals surface area contributed by atoms with Gasteiger partial charge in [0.25, 0.3) is 5.91 Å². The SMILES string of the molecule is CCNC(=O)c1ccc(OCc2ccccc2Cl)cc1. The number of halogens is 1. The molecule has 2 aromatic carbocycles. The highest BCUT2D eigenvalue weighted by atomic mass is 35.5. The first-order chi connectivity index (χ1) is 9.70. The first kappa shape index (κ1) is 14.4. The van der Waals surface area contributed by atoms with Crippen LogP contribution in [0.1, 0.15) is 22.8 Å². The predicted octanol–water partition coefficient (Wildman–Crippen LogP) is 3.67. The lowest BCUT2D eigenvalue weighted by Gasteiger charge is -2.08. The number of hydrogen-bond acceptors (Lipinski definition) is 2. The van der Waals surface area contributed by atoms with Crippen molar-refractivity contribution in [2.75, 3.05) is 6.54 Å². The van der Waals surface area contributed by atoms with E-state index in [1.807, 2.05) is 31.2 Å². The fourth-order valence-electron chi connectivity index (χ4n) is 1.74. The number of ether oxygens (including phenoxy) is 1. The third kappa shape index (κ3) is 3.75. The number of carbonyl (C=O) groups excluding carboxylic acids is 1. The number of benzene rings is 2. The molecule has 0 spiro atoms. The molecule has 0 aliphatic rings. The zero-order valence-corrected chi connectivity index (χ0v) is 12.0. The number of rotatable bonds is 5. The Bertz CT molecular complexity index is 581. The minimum Gasteiger partial charge on any atom is -0.489 e. The molecule has 0 atom stereocenters. The van der Waals surface area contributed by atoms with Crippen molar-refractivity contribution < 1.29 is 9.53 Å². The van der Waals surface area contributed by atoms with Crippen LogP contribution in [-0.4, -0.2) is 12.5 Å². The van der Waals surface area contributed by atoms with Crippen LogP contribution >= 0.6 is 11.6 Å². The van der Waals surface area contributed by atoms with Crippen molar-refractivity contribution in [3.05, 3.63) is 64.7 Å². The highest BCUT2D eigenvalue weighted by Crippen LogP contribution is 2.18. The first-order valence-electron chi connectivity index (χ1n) is 6.45. The van der Waals surface area contributed by atoms with Crippen LogP contribution in [0.25, 0.3) is 0 Å². The highest BCUT2D eigenvalue weighted by molar-refractivity contribution is 6.31. The van der Waals surface area contributed by atoms with Crippen LogP contribution in [0.2, 0.25) is 5.02 Å². The van der Waals surface area contributed by atoms with Gasteiger partial charge in [0.1, 0.15) is 12.4 Å². The number of hydrogen-bond donors (Lipinski definition) is 1. The minimum atomic E-state index is -0.0786. The van der Waals surface area contributed by atoms with E-state index in [0.29, 0.717) is 29.5 Å². The Morgan fingerprint density at radius 2 is 1.85 bits per heavy atom. The molecule has 0 aromatic heterocycles. The molecule has 0 unspecified atom stereocenters. The zero-order chi connectivity index (χ0) is 14.4. The molecule has 1 amide bonds. The summed E-state index contributed by atoms with van der Waals surface area (Å²) in [4.78, 5) is 11.6. The van der Waals surface area contributed by atoms with Crippen LogP contribution < -0.4 is 10.1 Å². The van der Waals surface area contributed by atoms with E-state index >= 15 is 0 Å². The Labute approximate surface area is 123 Å². The van der Waals surface area contributed by atoms with Gasteiger partial charge in [-0.15, -0.1) is 0 Å². The molecule has 104 valence electrons. The minimum absolute atomic E-state index is 0.0786. The van der Waals surface area contributed by atoms with E-state index < -0.39 is 0 Å². The molecule has 0 radical (unpaired) electrons. The van der Waals surface area contributed by atoms with Crippen molar-refractivity contribution in [2.24, 2.45) is 0 Å². The molecule has 2 rings (SSSR count). The van der Waals surface area contributed by atoms with Crippen molar-refractivity contribution >= 4 is 17.5 Å². The summed E-state index contributed by atoms with van der Waals surface area (Å²) < 4.78 is 5.65. The topological polar surface area (TPSA) is 38.3 Å². The Balaban J connectivity index is 1.98. The first-order valence-corrected chi connectivity index (χ1v) is 6.83. The van der Waals surface area contributed by atoms with Gasteiger partial charge in [-0.3, -0.25) is 4.79 Å². The van der Waals surface area contributed by atoms with E-state index in [1.165, 1.54) is 0 Å². The second-order valence-electron chi connectivity index (χ2n) is 4.26. The number of carbonyl (C=O) groups is 1. The number of nitrogens with one attached hydrogen (secondary N) is 1. The molecule has 3 nitrogen and oxygen atoms in total. The average molecular weight is 290 g/mol. The number of amides is 1. The maximum atomic E-state index is 11.6. The maximum Gasteiger partial charge on any atom is 0.251 e. The van der Waals surface area contributed by atoms with Crippen molar-refractivity contribution in [3.63, 3.8) is 0 Å². The Kier molecular flexibility index (Phi) is 5.02. The van der Waals surface area contributed by atoms with Gasteiger partial charge < -0.3 is 10.1 Å². The predicted molar refractivity (Wildman–Crippen MR) is 80.2 cm³/mol. The van der Waals surface area contributed by atoms with Gasteiger partial charge in [-0.1, -0.05) is 29.8 Å². The van der Waals surface area contributed by atoms with Gasteiger partial charge in [0.2, 0.25) is 0 Å². The quantitative estimate of drug-likeness (QED) is 0.912. The summed E-state index contributed by atoms with van der Waals surface area (Å²) in [6.07, 6.45) is 0. The monoisotopic (exact) mass is 289 g/mol. The highest BCUT2D eigenvalue weighted by Gasteiger charge is 2.04. The molecule has 0 heterocycles. The van der Waals surface area contributed by atoms with Gasteiger partial charge in [-0.25, -0.2) is 0 Å². The lowest BCUT2D eigenvalue weighted by atomic mass is 10.2. The third-order valence-electron chi connectivity index (χ3n) is 2.81. The van der Waals surface area contributed by atoms with E-state index in [2.05, 4.69) is 5.32 Å². The molecule has 0 bridgehead atoms. The van der Waals surface area contributed by atoms with Gasteiger partial charge in [0, 0.05) is 22.7 Å². The van der Waals surface area contributed by atoms with E-state index in [9.17, 15) is 4.79 Å². The smallest absolute Gasteiger partial charge is 0.251 e. The van der Waals surface area contributed by atoms with Gasteiger partial charge in [0.15, 0.2) is 0 Å². The summed E-state index contributed by atoms with van der Waals surface area (Å²) in [5.41, 5.74) is 1.55. The largest absolute Gasteiger partial charge is 0.489 e. The standard InChI is InChI=1S/C16H16ClNO2/c1-2-18-16(19)12-7-9-14(10-8-12)20-11-13-5-3-4-6-15(13)17/h3-10H,2,11H2,1H3,(H,18,19). The molecular weight excluding hydrogens is 274 g/mol. The average Bonchev–Trinajstić information content (AvgIpc) is 2.47. The fourth-order valence-corrected chi connectivity index (χ4v) is 1.93. The van der Waals surface area contributed by atoms with Gasteiger partial charge in [-0.05, 0) is 37.3 Å². The molecule has 4 heteroatoms. The lowest BCUT2D eigenvalue weighted by molar-refractivity contribution is 0.0956. The molecule has 0 saturated carbocycles. The third-order valence-corrected chi connectivity index (χ3v) is 3.17. The van der Waals surface area contributed by atoms with E-state index in [1.54, 1.807) is 24.3 Å². The van der Waals surface area contributed by atoms with Crippen LogP contribution in [0, 0.1) is 0 Å². The Morgan fingerprint density at radius 1 is 1.15 bits per heavy atom. The van der Waals surface area contributed by atoms with Crippen LogP contribution in [0.3, 0.4) is 0 Å². The van der Waals surface area contributed by atoms with Crippen LogP contribution in [0.5, 0.6) is 5.75 Å². The summed E-state index contributed by atoms with van der Waals surface area (Å²) in [6.45, 7) is 2.91. The lowest BCUT2D eigenvalue weighted by Crippen LogP contribution is -2.22. The van der Waals surface area contributed by atoms with E-state index in [-0.39, 0.29) is 5.91 Å². The summed E-state index contributed by atoms with van der Waals surface area (Å²) in [7, 11) is 0. The van der Waals surface area contributed by atoms with Gasteiger partial charge >= 0.3 is 0 Å². The van der Waals surface area contributed by atoms with Gasteiger partial charge in [-0.2, -0.15) is 0 Å². The molecule has 0 fully saturated rings. The molecular formula is C16H16ClNO2. The van der Waals surface area contributed by atoms with Gasteiger partial charge in [0.05, 0.1) is 0 Å². The van der Waals surface area contributed by atoms with Crippen LogP contribution in [-0.2, 0) is 6.61 Å². The summed E-state index contributed by atoms with van der Waals surface area (Å²) >= 11 is 6.06. The zero-order valence-electron chi connectivity index (χ0n) is 11.2. The molecule has 2 aromatic rings. The summed E-state index contributed by atoms with van der Waals surface area (Å²) in [5, 5.41) is 3.44. The van der Waals surface area contributed by atoms with Crippen LogP contribution in [0.4, 0.5) is 0 Å². The molecule has 20 heavy (non-hydrogen) atoms.